The van der Waals surface area contributed by atoms with Crippen LogP contribution in [0.4, 0.5) is 5.69 Å². The lowest BCUT2D eigenvalue weighted by Crippen LogP contribution is -2.35. The molecule has 4 rings (SSSR count). The summed E-state index contributed by atoms with van der Waals surface area (Å²) in [5, 5.41) is 2.96. The Morgan fingerprint density at radius 3 is 2.48 bits per heavy atom. The molecule has 2 fully saturated rings. The highest BCUT2D eigenvalue weighted by atomic mass is 16.5. The van der Waals surface area contributed by atoms with Crippen LogP contribution in [0.2, 0.25) is 0 Å². The van der Waals surface area contributed by atoms with E-state index in [1.807, 2.05) is 59.5 Å². The van der Waals surface area contributed by atoms with Crippen molar-refractivity contribution in [3.05, 3.63) is 54.6 Å². The first kappa shape index (κ1) is 17.6. The predicted octanol–water partition coefficient (Wildman–Crippen LogP) is 4.21. The van der Waals surface area contributed by atoms with E-state index in [4.69, 9.17) is 4.74 Å². The molecule has 1 aliphatic heterocycles. The minimum atomic E-state index is -0.303. The van der Waals surface area contributed by atoms with Gasteiger partial charge in [0.1, 0.15) is 5.75 Å². The molecule has 1 atom stereocenters. The molecule has 5 nitrogen and oxygen atoms in total. The Hall–Kier alpha value is -2.82. The van der Waals surface area contributed by atoms with Gasteiger partial charge in [0.25, 0.3) is 0 Å². The van der Waals surface area contributed by atoms with Crippen molar-refractivity contribution in [3.8, 4) is 11.5 Å². The van der Waals surface area contributed by atoms with Crippen LogP contribution in [0.1, 0.15) is 32.1 Å². The first-order valence-electron chi connectivity index (χ1n) is 9.63. The molecule has 0 bridgehead atoms. The summed E-state index contributed by atoms with van der Waals surface area (Å²) in [5.74, 6) is 0.989. The SMILES string of the molecule is O=C(Nc1ccccc1Oc1ccccc1)[C@H]1CC(=O)N(C2CCCC2)C1. The highest BCUT2D eigenvalue weighted by Gasteiger charge is 2.38. The van der Waals surface area contributed by atoms with Crippen LogP contribution in [0.5, 0.6) is 11.5 Å². The predicted molar refractivity (Wildman–Crippen MR) is 104 cm³/mol. The Labute approximate surface area is 159 Å². The summed E-state index contributed by atoms with van der Waals surface area (Å²) in [6.45, 7) is 0.525. The third-order valence-electron chi connectivity index (χ3n) is 5.41. The highest BCUT2D eigenvalue weighted by molar-refractivity contribution is 5.98. The van der Waals surface area contributed by atoms with Crippen molar-refractivity contribution in [1.82, 2.24) is 4.90 Å². The lowest BCUT2D eigenvalue weighted by Gasteiger charge is -2.24. The van der Waals surface area contributed by atoms with Crippen molar-refractivity contribution < 1.29 is 14.3 Å². The van der Waals surface area contributed by atoms with Gasteiger partial charge in [-0.1, -0.05) is 43.2 Å². The molecule has 2 aromatic carbocycles. The first-order chi connectivity index (χ1) is 13.2. The van der Waals surface area contributed by atoms with E-state index in [0.29, 0.717) is 36.2 Å². The van der Waals surface area contributed by atoms with E-state index >= 15 is 0 Å². The van der Waals surface area contributed by atoms with Gasteiger partial charge in [-0.25, -0.2) is 0 Å². The first-order valence-corrected chi connectivity index (χ1v) is 9.63. The Kier molecular flexibility index (Phi) is 5.10. The van der Waals surface area contributed by atoms with Crippen LogP contribution in [0.25, 0.3) is 0 Å². The van der Waals surface area contributed by atoms with E-state index < -0.39 is 0 Å². The lowest BCUT2D eigenvalue weighted by atomic mass is 10.1. The zero-order valence-corrected chi connectivity index (χ0v) is 15.3. The Morgan fingerprint density at radius 1 is 1.00 bits per heavy atom. The summed E-state index contributed by atoms with van der Waals surface area (Å²) in [6, 6.07) is 17.2. The number of carbonyl (C=O) groups excluding carboxylic acids is 2. The van der Waals surface area contributed by atoms with Gasteiger partial charge in [0, 0.05) is 19.0 Å². The number of nitrogens with zero attached hydrogens (tertiary/aromatic N) is 1. The van der Waals surface area contributed by atoms with Crippen molar-refractivity contribution >= 4 is 17.5 Å². The van der Waals surface area contributed by atoms with Crippen LogP contribution in [-0.2, 0) is 9.59 Å². The molecule has 27 heavy (non-hydrogen) atoms. The summed E-state index contributed by atoms with van der Waals surface area (Å²) >= 11 is 0. The van der Waals surface area contributed by atoms with Gasteiger partial charge < -0.3 is 15.0 Å². The Bertz CT molecular complexity index is 815. The quantitative estimate of drug-likeness (QED) is 0.865. The molecule has 2 aromatic rings. The molecule has 1 saturated heterocycles. The monoisotopic (exact) mass is 364 g/mol. The number of carbonyl (C=O) groups is 2. The fourth-order valence-corrected chi connectivity index (χ4v) is 3.99. The molecule has 0 radical (unpaired) electrons. The smallest absolute Gasteiger partial charge is 0.229 e. The second-order valence-electron chi connectivity index (χ2n) is 7.29. The summed E-state index contributed by atoms with van der Waals surface area (Å²) in [7, 11) is 0. The third-order valence-corrected chi connectivity index (χ3v) is 5.41. The van der Waals surface area contributed by atoms with Crippen molar-refractivity contribution in [2.24, 2.45) is 5.92 Å². The number of anilines is 1. The number of amides is 2. The van der Waals surface area contributed by atoms with E-state index in [-0.39, 0.29) is 17.7 Å². The van der Waals surface area contributed by atoms with E-state index in [2.05, 4.69) is 5.32 Å². The molecule has 1 saturated carbocycles. The van der Waals surface area contributed by atoms with Gasteiger partial charge >= 0.3 is 0 Å². The fraction of sp³-hybridized carbons (Fsp3) is 0.364. The molecular weight excluding hydrogens is 340 g/mol. The zero-order chi connectivity index (χ0) is 18.6. The average molecular weight is 364 g/mol. The van der Waals surface area contributed by atoms with Crippen LogP contribution in [0.15, 0.2) is 54.6 Å². The summed E-state index contributed by atoms with van der Waals surface area (Å²) in [4.78, 5) is 27.1. The van der Waals surface area contributed by atoms with Crippen molar-refractivity contribution in [1.29, 1.82) is 0 Å². The zero-order valence-electron chi connectivity index (χ0n) is 15.3. The normalized spacial score (nSPS) is 20.1. The fourth-order valence-electron chi connectivity index (χ4n) is 3.99. The number of benzene rings is 2. The van der Waals surface area contributed by atoms with Crippen molar-refractivity contribution in [3.63, 3.8) is 0 Å². The second kappa shape index (κ2) is 7.82. The third kappa shape index (κ3) is 3.97. The van der Waals surface area contributed by atoms with Gasteiger partial charge in [-0.3, -0.25) is 9.59 Å². The molecule has 1 aliphatic carbocycles. The summed E-state index contributed by atoms with van der Waals surface area (Å²) in [6.07, 6.45) is 4.77. The van der Waals surface area contributed by atoms with E-state index in [0.717, 1.165) is 12.8 Å². The number of rotatable bonds is 5. The van der Waals surface area contributed by atoms with Crippen LogP contribution in [0.3, 0.4) is 0 Å². The average Bonchev–Trinajstić information content (AvgIpc) is 3.33. The molecule has 1 N–H and O–H groups in total. The van der Waals surface area contributed by atoms with E-state index in [1.165, 1.54) is 12.8 Å². The van der Waals surface area contributed by atoms with Gasteiger partial charge in [-0.15, -0.1) is 0 Å². The van der Waals surface area contributed by atoms with Crippen molar-refractivity contribution in [2.75, 3.05) is 11.9 Å². The van der Waals surface area contributed by atoms with Crippen LogP contribution in [-0.4, -0.2) is 29.3 Å². The second-order valence-corrected chi connectivity index (χ2v) is 7.29. The van der Waals surface area contributed by atoms with Gasteiger partial charge in [0.15, 0.2) is 5.75 Å². The van der Waals surface area contributed by atoms with E-state index in [1.54, 1.807) is 0 Å². The standard InChI is InChI=1S/C22H24N2O3/c25-21-14-16(15-24(21)17-8-4-5-9-17)22(26)23-19-12-6-7-13-20(19)27-18-10-2-1-3-11-18/h1-3,6-7,10-13,16-17H,4-5,8-9,14-15H2,(H,23,26)/t16-/m0/s1. The topological polar surface area (TPSA) is 58.6 Å². The van der Waals surface area contributed by atoms with Gasteiger partial charge in [-0.2, -0.15) is 0 Å². The van der Waals surface area contributed by atoms with Gasteiger partial charge in [-0.05, 0) is 37.1 Å². The molecule has 0 spiro atoms. The summed E-state index contributed by atoms with van der Waals surface area (Å²) < 4.78 is 5.90. The molecule has 1 heterocycles. The van der Waals surface area contributed by atoms with E-state index in [9.17, 15) is 9.59 Å². The number of nitrogens with one attached hydrogen (secondary N) is 1. The number of likely N-dealkylation sites (tertiary alicyclic amines) is 1. The molecular formula is C22H24N2O3. The minimum Gasteiger partial charge on any atom is -0.455 e. The van der Waals surface area contributed by atoms with Gasteiger partial charge in [0.05, 0.1) is 11.6 Å². The highest BCUT2D eigenvalue weighted by Crippen LogP contribution is 2.32. The maximum absolute atomic E-state index is 12.8. The van der Waals surface area contributed by atoms with Crippen LogP contribution < -0.4 is 10.1 Å². The molecule has 140 valence electrons. The lowest BCUT2D eigenvalue weighted by molar-refractivity contribution is -0.129. The number of ether oxygens (including phenoxy) is 1. The largest absolute Gasteiger partial charge is 0.455 e. The molecule has 2 amide bonds. The Balaban J connectivity index is 1.43. The number of para-hydroxylation sites is 3. The molecule has 2 aliphatic rings. The number of hydrogen-bond acceptors (Lipinski definition) is 3. The molecule has 0 aromatic heterocycles. The van der Waals surface area contributed by atoms with Crippen molar-refractivity contribution in [2.45, 2.75) is 38.1 Å². The Morgan fingerprint density at radius 2 is 1.70 bits per heavy atom. The molecule has 5 heteroatoms. The minimum absolute atomic E-state index is 0.107. The maximum Gasteiger partial charge on any atom is 0.229 e. The van der Waals surface area contributed by atoms with Crippen LogP contribution in [0, 0.1) is 5.92 Å². The van der Waals surface area contributed by atoms with Gasteiger partial charge in [0.2, 0.25) is 11.8 Å². The summed E-state index contributed by atoms with van der Waals surface area (Å²) in [5.41, 5.74) is 0.623. The van der Waals surface area contributed by atoms with Crippen LogP contribution >= 0.6 is 0 Å². The molecule has 0 unspecified atom stereocenters. The maximum atomic E-state index is 12.8. The number of hydrogen-bond donors (Lipinski definition) is 1.